The van der Waals surface area contributed by atoms with Gasteiger partial charge in [-0.25, -0.2) is 8.42 Å². The molecule has 19 heavy (non-hydrogen) atoms. The molecule has 1 aromatic carbocycles. The summed E-state index contributed by atoms with van der Waals surface area (Å²) in [6.45, 7) is 0. The Morgan fingerprint density at radius 3 is 2.53 bits per heavy atom. The normalized spacial score (nSPS) is 25.2. The van der Waals surface area contributed by atoms with Crippen LogP contribution in [0.1, 0.15) is 10.4 Å². The average molecular weight is 387 g/mol. The fourth-order valence-corrected chi connectivity index (χ4v) is 5.28. The van der Waals surface area contributed by atoms with Crippen LogP contribution in [-0.4, -0.2) is 37.2 Å². The van der Waals surface area contributed by atoms with Gasteiger partial charge in [0.15, 0.2) is 9.84 Å². The number of hydrogen-bond acceptors (Lipinski definition) is 3. The van der Waals surface area contributed by atoms with Crippen molar-refractivity contribution in [3.63, 3.8) is 0 Å². The van der Waals surface area contributed by atoms with E-state index in [2.05, 4.69) is 21.2 Å². The summed E-state index contributed by atoms with van der Waals surface area (Å²) in [5.41, 5.74) is 0.354. The molecule has 0 spiro atoms. The molecule has 4 nitrogen and oxygen atoms in total. The van der Waals surface area contributed by atoms with Gasteiger partial charge in [0, 0.05) is 15.1 Å². The summed E-state index contributed by atoms with van der Waals surface area (Å²) < 4.78 is 23.5. The molecule has 1 N–H and O–H groups in total. The maximum Gasteiger partial charge on any atom is 0.251 e. The summed E-state index contributed by atoms with van der Waals surface area (Å²) in [4.78, 5) is 12.0. The molecule has 1 fully saturated rings. The van der Waals surface area contributed by atoms with Gasteiger partial charge in [-0.05, 0) is 18.2 Å². The van der Waals surface area contributed by atoms with Crippen LogP contribution in [0, 0.1) is 0 Å². The summed E-state index contributed by atoms with van der Waals surface area (Å²) in [6.07, 6.45) is 0. The largest absolute Gasteiger partial charge is 0.347 e. The predicted octanol–water partition coefficient (Wildman–Crippen LogP) is 2.24. The predicted molar refractivity (Wildman–Crippen MR) is 78.7 cm³/mol. The zero-order valence-electron chi connectivity index (χ0n) is 9.57. The molecule has 1 heterocycles. The molecular formula is C11H10BrCl2NO3S. The highest BCUT2D eigenvalue weighted by Crippen LogP contribution is 2.21. The van der Waals surface area contributed by atoms with Gasteiger partial charge in [-0.2, -0.15) is 0 Å². The van der Waals surface area contributed by atoms with E-state index in [4.69, 9.17) is 23.2 Å². The van der Waals surface area contributed by atoms with Gasteiger partial charge in [-0.3, -0.25) is 4.79 Å². The van der Waals surface area contributed by atoms with E-state index in [0.717, 1.165) is 0 Å². The molecule has 1 aromatic rings. The summed E-state index contributed by atoms with van der Waals surface area (Å²) in [7, 11) is -3.17. The van der Waals surface area contributed by atoms with Gasteiger partial charge in [0.2, 0.25) is 0 Å². The van der Waals surface area contributed by atoms with Crippen LogP contribution < -0.4 is 5.32 Å². The molecule has 1 aliphatic heterocycles. The number of carbonyl (C=O) groups is 1. The zero-order chi connectivity index (χ0) is 14.2. The summed E-state index contributed by atoms with van der Waals surface area (Å²) >= 11 is 15.0. The minimum atomic E-state index is -3.17. The fourth-order valence-electron chi connectivity index (χ4n) is 1.87. The van der Waals surface area contributed by atoms with Crippen molar-refractivity contribution in [2.24, 2.45) is 0 Å². The van der Waals surface area contributed by atoms with Crippen molar-refractivity contribution >= 4 is 54.9 Å². The van der Waals surface area contributed by atoms with Crippen molar-refractivity contribution in [2.75, 3.05) is 11.5 Å². The van der Waals surface area contributed by atoms with Crippen molar-refractivity contribution in [1.82, 2.24) is 5.32 Å². The SMILES string of the molecule is O=C(NC1CS(=O)(=O)CC1Cl)c1cc(Cl)cc(Br)c1. The highest BCUT2D eigenvalue weighted by molar-refractivity contribution is 9.10. The first-order valence-electron chi connectivity index (χ1n) is 5.38. The maximum atomic E-state index is 12.0. The minimum Gasteiger partial charge on any atom is -0.347 e. The lowest BCUT2D eigenvalue weighted by molar-refractivity contribution is 0.0941. The fraction of sp³-hybridized carbons (Fsp3) is 0.364. The van der Waals surface area contributed by atoms with Gasteiger partial charge in [0.25, 0.3) is 5.91 Å². The number of nitrogens with one attached hydrogen (secondary N) is 1. The van der Waals surface area contributed by atoms with Gasteiger partial charge in [0.05, 0.1) is 22.9 Å². The van der Waals surface area contributed by atoms with Gasteiger partial charge in [0.1, 0.15) is 0 Å². The minimum absolute atomic E-state index is 0.112. The first-order valence-corrected chi connectivity index (χ1v) is 8.81. The Kier molecular flexibility index (Phi) is 4.45. The number of halogens is 3. The first kappa shape index (κ1) is 15.1. The molecular weight excluding hydrogens is 377 g/mol. The second-order valence-electron chi connectivity index (χ2n) is 4.33. The van der Waals surface area contributed by atoms with Crippen LogP contribution in [0.25, 0.3) is 0 Å². The Morgan fingerprint density at radius 2 is 2.00 bits per heavy atom. The quantitative estimate of drug-likeness (QED) is 0.792. The molecule has 0 radical (unpaired) electrons. The van der Waals surface area contributed by atoms with Crippen molar-refractivity contribution in [3.05, 3.63) is 33.3 Å². The zero-order valence-corrected chi connectivity index (χ0v) is 13.5. The van der Waals surface area contributed by atoms with Crippen LogP contribution in [0.5, 0.6) is 0 Å². The number of benzene rings is 1. The third kappa shape index (κ3) is 3.84. The van der Waals surface area contributed by atoms with E-state index in [1.54, 1.807) is 12.1 Å². The molecule has 0 aliphatic carbocycles. The Morgan fingerprint density at radius 1 is 1.32 bits per heavy atom. The number of amides is 1. The van der Waals surface area contributed by atoms with Crippen LogP contribution in [0.2, 0.25) is 5.02 Å². The standard InChI is InChI=1S/C11H10BrCl2NO3S/c12-7-1-6(2-8(13)3-7)11(16)15-10-5-19(17,18)4-9(10)14/h1-3,9-10H,4-5H2,(H,15,16). The number of hydrogen-bond donors (Lipinski definition) is 1. The molecule has 2 rings (SSSR count). The van der Waals surface area contributed by atoms with Crippen molar-refractivity contribution in [3.8, 4) is 0 Å². The molecule has 104 valence electrons. The highest BCUT2D eigenvalue weighted by atomic mass is 79.9. The van der Waals surface area contributed by atoms with E-state index < -0.39 is 27.2 Å². The molecule has 0 saturated carbocycles. The summed E-state index contributed by atoms with van der Waals surface area (Å²) in [6, 6.07) is 4.20. The van der Waals surface area contributed by atoms with Crippen LogP contribution in [0.15, 0.2) is 22.7 Å². The van der Waals surface area contributed by atoms with E-state index in [1.165, 1.54) is 6.07 Å². The lowest BCUT2D eigenvalue weighted by Gasteiger charge is -2.14. The maximum absolute atomic E-state index is 12.0. The first-order chi connectivity index (χ1) is 8.77. The average Bonchev–Trinajstić information content (AvgIpc) is 2.50. The lowest BCUT2D eigenvalue weighted by Crippen LogP contribution is -2.40. The van der Waals surface area contributed by atoms with E-state index in [1.807, 2.05) is 0 Å². The molecule has 2 unspecified atom stereocenters. The summed E-state index contributed by atoms with van der Waals surface area (Å²) in [5, 5.41) is 2.44. The number of rotatable bonds is 2. The Labute approximate surface area is 129 Å². The molecule has 2 atom stereocenters. The van der Waals surface area contributed by atoms with E-state index in [-0.39, 0.29) is 11.5 Å². The van der Waals surface area contributed by atoms with Crippen LogP contribution in [0.3, 0.4) is 0 Å². The van der Waals surface area contributed by atoms with Crippen molar-refractivity contribution < 1.29 is 13.2 Å². The lowest BCUT2D eigenvalue weighted by atomic mass is 10.2. The van der Waals surface area contributed by atoms with Crippen molar-refractivity contribution in [1.29, 1.82) is 0 Å². The van der Waals surface area contributed by atoms with Gasteiger partial charge < -0.3 is 5.32 Å². The summed E-state index contributed by atoms with van der Waals surface area (Å²) in [5.74, 6) is -0.635. The van der Waals surface area contributed by atoms with Gasteiger partial charge in [-0.15, -0.1) is 11.6 Å². The molecule has 1 saturated heterocycles. The Hall–Kier alpha value is -0.300. The molecule has 1 aliphatic rings. The second-order valence-corrected chi connectivity index (χ2v) is 8.40. The molecule has 0 aromatic heterocycles. The Balaban J connectivity index is 2.13. The monoisotopic (exact) mass is 385 g/mol. The van der Waals surface area contributed by atoms with Crippen LogP contribution in [-0.2, 0) is 9.84 Å². The van der Waals surface area contributed by atoms with Gasteiger partial charge in [-0.1, -0.05) is 27.5 Å². The molecule has 0 bridgehead atoms. The third-order valence-corrected chi connectivity index (χ3v) is 5.78. The van der Waals surface area contributed by atoms with Gasteiger partial charge >= 0.3 is 0 Å². The molecule has 1 amide bonds. The molecule has 8 heteroatoms. The van der Waals surface area contributed by atoms with E-state index in [0.29, 0.717) is 15.1 Å². The van der Waals surface area contributed by atoms with Crippen LogP contribution in [0.4, 0.5) is 0 Å². The topological polar surface area (TPSA) is 63.2 Å². The second kappa shape index (κ2) is 5.60. The van der Waals surface area contributed by atoms with Crippen molar-refractivity contribution in [2.45, 2.75) is 11.4 Å². The highest BCUT2D eigenvalue weighted by Gasteiger charge is 2.37. The number of sulfone groups is 1. The third-order valence-electron chi connectivity index (χ3n) is 2.72. The number of carbonyl (C=O) groups excluding carboxylic acids is 1. The number of alkyl halides is 1. The Bertz CT molecular complexity index is 600. The van der Waals surface area contributed by atoms with Crippen LogP contribution >= 0.6 is 39.1 Å². The van der Waals surface area contributed by atoms with E-state index >= 15 is 0 Å². The smallest absolute Gasteiger partial charge is 0.251 e. The van der Waals surface area contributed by atoms with E-state index in [9.17, 15) is 13.2 Å².